The van der Waals surface area contributed by atoms with E-state index < -0.39 is 15.9 Å². The van der Waals surface area contributed by atoms with Crippen molar-refractivity contribution in [1.82, 2.24) is 4.72 Å². The van der Waals surface area contributed by atoms with Gasteiger partial charge in [0.2, 0.25) is 0 Å². The van der Waals surface area contributed by atoms with E-state index in [0.29, 0.717) is 5.02 Å². The summed E-state index contributed by atoms with van der Waals surface area (Å²) in [5.74, 6) is -0.813. The lowest BCUT2D eigenvalue weighted by Crippen LogP contribution is -2.28. The lowest BCUT2D eigenvalue weighted by atomic mass is 10.2. The van der Waals surface area contributed by atoms with Crippen LogP contribution in [0.25, 0.3) is 6.08 Å². The van der Waals surface area contributed by atoms with Gasteiger partial charge in [-0.15, -0.1) is 11.3 Å². The van der Waals surface area contributed by atoms with Crippen LogP contribution in [0.4, 0.5) is 0 Å². The minimum atomic E-state index is -3.90. The van der Waals surface area contributed by atoms with Crippen LogP contribution in [0.5, 0.6) is 0 Å². The zero-order chi connectivity index (χ0) is 15.5. The Morgan fingerprint density at radius 2 is 2.00 bits per heavy atom. The molecule has 0 aliphatic carbocycles. The van der Waals surface area contributed by atoms with Crippen LogP contribution in [0.1, 0.15) is 15.2 Å². The Bertz CT molecular complexity index is 784. The Hall–Kier alpha value is -1.34. The minimum Gasteiger partial charge on any atom is -0.268 e. The number of thiophene rings is 1. The molecule has 0 spiro atoms. The van der Waals surface area contributed by atoms with Crippen LogP contribution in [0, 0.1) is 0 Å². The molecule has 1 heterocycles. The summed E-state index contributed by atoms with van der Waals surface area (Å²) in [5, 5.41) is 3.19. The number of carbonyl (C=O) groups excluding carboxylic acids is 1. The van der Waals surface area contributed by atoms with Crippen molar-refractivity contribution in [3.63, 3.8) is 0 Å². The number of nitrogens with one attached hydrogen (secondary N) is 1. The molecule has 0 aliphatic rings. The third kappa shape index (κ3) is 4.57. The van der Waals surface area contributed by atoms with Gasteiger partial charge in [0.15, 0.2) is 0 Å². The predicted octanol–water partition coefficient (Wildman–Crippen LogP) is 3.79. The Balaban J connectivity index is 2.14. The summed E-state index contributed by atoms with van der Waals surface area (Å²) in [6, 6.07) is 7.73. The van der Waals surface area contributed by atoms with Crippen LogP contribution >= 0.6 is 34.5 Å². The smallest absolute Gasteiger partial charge is 0.266 e. The fraction of sp³-hybridized carbons (Fsp3) is 0. The number of hydrogen-bond donors (Lipinski definition) is 1. The van der Waals surface area contributed by atoms with E-state index in [4.69, 9.17) is 23.2 Å². The van der Waals surface area contributed by atoms with Gasteiger partial charge in [0.1, 0.15) is 0 Å². The van der Waals surface area contributed by atoms with E-state index in [1.807, 2.05) is 10.1 Å². The highest BCUT2D eigenvalue weighted by Crippen LogP contribution is 2.21. The standard InChI is InChI=1S/C13H9Cl2NO3S2/c14-9-3-4-11(12(15)8-9)13(17)16-21(18,19)7-5-10-2-1-6-20-10/h1-8H,(H,16,17). The van der Waals surface area contributed by atoms with Gasteiger partial charge in [-0.2, -0.15) is 0 Å². The molecule has 0 fully saturated rings. The van der Waals surface area contributed by atoms with Crippen molar-refractivity contribution in [2.24, 2.45) is 0 Å². The van der Waals surface area contributed by atoms with Gasteiger partial charge in [0, 0.05) is 9.90 Å². The molecular formula is C13H9Cl2NO3S2. The van der Waals surface area contributed by atoms with Gasteiger partial charge >= 0.3 is 0 Å². The molecule has 0 atom stereocenters. The second kappa shape index (κ2) is 6.62. The largest absolute Gasteiger partial charge is 0.268 e. The highest BCUT2D eigenvalue weighted by Gasteiger charge is 2.16. The molecule has 4 nitrogen and oxygen atoms in total. The van der Waals surface area contributed by atoms with Gasteiger partial charge in [-0.05, 0) is 35.7 Å². The first kappa shape index (κ1) is 16.0. The van der Waals surface area contributed by atoms with Crippen LogP contribution in [-0.4, -0.2) is 14.3 Å². The van der Waals surface area contributed by atoms with Gasteiger partial charge in [-0.1, -0.05) is 29.3 Å². The van der Waals surface area contributed by atoms with Crippen LogP contribution < -0.4 is 4.72 Å². The summed E-state index contributed by atoms with van der Waals surface area (Å²) in [6.07, 6.45) is 1.41. The van der Waals surface area contributed by atoms with E-state index in [1.165, 1.54) is 35.6 Å². The van der Waals surface area contributed by atoms with E-state index in [0.717, 1.165) is 10.3 Å². The SMILES string of the molecule is O=C(NS(=O)(=O)C=Cc1cccs1)c1ccc(Cl)cc1Cl. The molecule has 2 aromatic rings. The van der Waals surface area contributed by atoms with Gasteiger partial charge in [0.05, 0.1) is 16.0 Å². The van der Waals surface area contributed by atoms with Crippen molar-refractivity contribution in [2.45, 2.75) is 0 Å². The van der Waals surface area contributed by atoms with E-state index in [-0.39, 0.29) is 10.6 Å². The molecular weight excluding hydrogens is 353 g/mol. The molecule has 8 heteroatoms. The molecule has 0 saturated carbocycles. The fourth-order valence-electron chi connectivity index (χ4n) is 1.43. The summed E-state index contributed by atoms with van der Waals surface area (Å²) in [7, 11) is -3.90. The lowest BCUT2D eigenvalue weighted by molar-refractivity contribution is 0.0982. The summed E-state index contributed by atoms with van der Waals surface area (Å²) in [6.45, 7) is 0. The van der Waals surface area contributed by atoms with Crippen molar-refractivity contribution >= 4 is 56.5 Å². The maximum Gasteiger partial charge on any atom is 0.266 e. The summed E-state index contributed by atoms with van der Waals surface area (Å²) in [4.78, 5) is 12.7. The van der Waals surface area contributed by atoms with Crippen molar-refractivity contribution in [3.8, 4) is 0 Å². The average molecular weight is 362 g/mol. The van der Waals surface area contributed by atoms with E-state index >= 15 is 0 Å². The normalized spacial score (nSPS) is 11.7. The zero-order valence-corrected chi connectivity index (χ0v) is 13.6. The quantitative estimate of drug-likeness (QED) is 0.900. The zero-order valence-electron chi connectivity index (χ0n) is 10.4. The van der Waals surface area contributed by atoms with Crippen LogP contribution in [0.2, 0.25) is 10.0 Å². The van der Waals surface area contributed by atoms with Crippen LogP contribution in [-0.2, 0) is 10.0 Å². The number of sulfonamides is 1. The van der Waals surface area contributed by atoms with Crippen molar-refractivity contribution in [1.29, 1.82) is 0 Å². The van der Waals surface area contributed by atoms with Crippen molar-refractivity contribution in [3.05, 3.63) is 61.6 Å². The van der Waals surface area contributed by atoms with Crippen LogP contribution in [0.15, 0.2) is 41.1 Å². The number of hydrogen-bond acceptors (Lipinski definition) is 4. The average Bonchev–Trinajstić information content (AvgIpc) is 2.88. The molecule has 2 rings (SSSR count). The molecule has 0 radical (unpaired) electrons. The molecule has 1 amide bonds. The van der Waals surface area contributed by atoms with Crippen LogP contribution in [0.3, 0.4) is 0 Å². The molecule has 0 unspecified atom stereocenters. The third-order valence-corrected chi connectivity index (χ3v) is 4.72. The Kier molecular flexibility index (Phi) is 5.05. The van der Waals surface area contributed by atoms with E-state index in [9.17, 15) is 13.2 Å². The lowest BCUT2D eigenvalue weighted by Gasteiger charge is -2.05. The number of halogens is 2. The Morgan fingerprint density at radius 3 is 2.62 bits per heavy atom. The summed E-state index contributed by atoms with van der Waals surface area (Å²) < 4.78 is 25.5. The molecule has 1 aromatic carbocycles. The topological polar surface area (TPSA) is 63.2 Å². The maximum absolute atomic E-state index is 11.9. The van der Waals surface area contributed by atoms with Gasteiger partial charge in [0.25, 0.3) is 15.9 Å². The van der Waals surface area contributed by atoms with Gasteiger partial charge in [-0.3, -0.25) is 4.79 Å². The Labute approximate surface area is 136 Å². The Morgan fingerprint density at radius 1 is 1.24 bits per heavy atom. The molecule has 21 heavy (non-hydrogen) atoms. The van der Waals surface area contributed by atoms with E-state index in [2.05, 4.69) is 0 Å². The molecule has 0 aliphatic heterocycles. The number of rotatable bonds is 4. The second-order valence-corrected chi connectivity index (χ2v) is 7.31. The molecule has 110 valence electrons. The highest BCUT2D eigenvalue weighted by molar-refractivity contribution is 7.93. The number of benzene rings is 1. The van der Waals surface area contributed by atoms with Crippen molar-refractivity contribution in [2.75, 3.05) is 0 Å². The predicted molar refractivity (Wildman–Crippen MR) is 86.2 cm³/mol. The van der Waals surface area contributed by atoms with Gasteiger partial charge in [-0.25, -0.2) is 13.1 Å². The van der Waals surface area contributed by atoms with E-state index in [1.54, 1.807) is 12.1 Å². The first-order valence-electron chi connectivity index (χ1n) is 5.61. The third-order valence-electron chi connectivity index (χ3n) is 2.37. The highest BCUT2D eigenvalue weighted by atomic mass is 35.5. The first-order chi connectivity index (χ1) is 9.87. The fourth-order valence-corrected chi connectivity index (χ4v) is 3.40. The monoisotopic (exact) mass is 361 g/mol. The summed E-state index contributed by atoms with van der Waals surface area (Å²) >= 11 is 13.0. The molecule has 0 bridgehead atoms. The summed E-state index contributed by atoms with van der Waals surface area (Å²) in [5.41, 5.74) is 0.0363. The van der Waals surface area contributed by atoms with Gasteiger partial charge < -0.3 is 0 Å². The number of amides is 1. The molecule has 0 saturated heterocycles. The maximum atomic E-state index is 11.9. The second-order valence-electron chi connectivity index (χ2n) is 3.92. The molecule has 1 N–H and O–H groups in total. The van der Waals surface area contributed by atoms with Crippen molar-refractivity contribution < 1.29 is 13.2 Å². The minimum absolute atomic E-state index is 0.0363. The molecule has 1 aromatic heterocycles. The first-order valence-corrected chi connectivity index (χ1v) is 8.79. The number of carbonyl (C=O) groups is 1.